The van der Waals surface area contributed by atoms with Gasteiger partial charge in [0, 0.05) is 56.4 Å². The highest BCUT2D eigenvalue weighted by atomic mass is 35.5. The molecule has 0 aliphatic carbocycles. The third-order valence-corrected chi connectivity index (χ3v) is 9.00. The Bertz CT molecular complexity index is 1470. The van der Waals surface area contributed by atoms with E-state index in [1.54, 1.807) is 11.3 Å². The van der Waals surface area contributed by atoms with Crippen LogP contribution < -0.4 is 0 Å². The molecule has 1 atom stereocenters. The van der Waals surface area contributed by atoms with Crippen LogP contribution in [0.3, 0.4) is 0 Å². The average Bonchev–Trinajstić information content (AvgIpc) is 3.41. The second-order valence-corrected chi connectivity index (χ2v) is 13.3. The largest absolute Gasteiger partial charge is 0.338 e. The van der Waals surface area contributed by atoms with E-state index in [2.05, 4.69) is 55.4 Å². The van der Waals surface area contributed by atoms with E-state index >= 15 is 0 Å². The molecular formula is C33H34Cl2N2OS. The smallest absolute Gasteiger partial charge is 0.253 e. The summed E-state index contributed by atoms with van der Waals surface area (Å²) in [7, 11) is 0. The molecule has 6 heteroatoms. The zero-order chi connectivity index (χ0) is 27.6. The van der Waals surface area contributed by atoms with Gasteiger partial charge < -0.3 is 4.90 Å². The van der Waals surface area contributed by atoms with Crippen molar-refractivity contribution < 1.29 is 4.79 Å². The number of aryl methyl sites for hydroxylation is 1. The highest BCUT2D eigenvalue weighted by Gasteiger charge is 2.25. The second-order valence-electron chi connectivity index (χ2n) is 11.5. The number of carbonyl (C=O) groups is 1. The average molecular weight is 578 g/mol. The molecule has 39 heavy (non-hydrogen) atoms. The third-order valence-electron chi connectivity index (χ3n) is 7.48. The number of pyridine rings is 1. The molecule has 0 spiro atoms. The zero-order valence-corrected chi connectivity index (χ0v) is 25.0. The van der Waals surface area contributed by atoms with Crippen molar-refractivity contribution in [3.05, 3.63) is 99.1 Å². The van der Waals surface area contributed by atoms with E-state index in [0.717, 1.165) is 66.2 Å². The molecule has 0 N–H and O–H groups in total. The lowest BCUT2D eigenvalue weighted by molar-refractivity contribution is 0.0668. The van der Waals surface area contributed by atoms with Gasteiger partial charge in [0.05, 0.1) is 0 Å². The molecule has 0 bridgehead atoms. The molecule has 0 radical (unpaired) electrons. The van der Waals surface area contributed by atoms with Gasteiger partial charge >= 0.3 is 0 Å². The quantitative estimate of drug-likeness (QED) is 0.229. The van der Waals surface area contributed by atoms with Crippen molar-refractivity contribution in [1.82, 2.24) is 9.88 Å². The van der Waals surface area contributed by atoms with E-state index < -0.39 is 0 Å². The molecule has 1 aliphatic rings. The molecule has 2 aromatic heterocycles. The van der Waals surface area contributed by atoms with Crippen LogP contribution in [0.5, 0.6) is 0 Å². The normalized spacial score (nSPS) is 15.9. The summed E-state index contributed by atoms with van der Waals surface area (Å²) >= 11 is 14.6. The molecular weight excluding hydrogens is 543 g/mol. The molecule has 3 nitrogen and oxygen atoms in total. The fraction of sp³-hybridized carbons (Fsp3) is 0.333. The van der Waals surface area contributed by atoms with Gasteiger partial charge in [-0.2, -0.15) is 0 Å². The van der Waals surface area contributed by atoms with E-state index in [4.69, 9.17) is 23.2 Å². The number of carbonyl (C=O) groups excluding carboxylic acids is 1. The van der Waals surface area contributed by atoms with Crippen LogP contribution in [-0.2, 0) is 11.8 Å². The van der Waals surface area contributed by atoms with Gasteiger partial charge in [0.25, 0.3) is 5.91 Å². The lowest BCUT2D eigenvalue weighted by Crippen LogP contribution is -2.40. The number of likely N-dealkylation sites (tertiary alicyclic amines) is 1. The zero-order valence-electron chi connectivity index (χ0n) is 22.7. The van der Waals surface area contributed by atoms with Crippen molar-refractivity contribution in [3.8, 4) is 21.6 Å². The summed E-state index contributed by atoms with van der Waals surface area (Å²) in [6.07, 6.45) is 6.10. The van der Waals surface area contributed by atoms with E-state index in [1.165, 1.54) is 10.4 Å². The predicted molar refractivity (Wildman–Crippen MR) is 165 cm³/mol. The van der Waals surface area contributed by atoms with Crippen LogP contribution in [0.15, 0.2) is 72.2 Å². The molecule has 1 aliphatic heterocycles. The maximum atomic E-state index is 13.4. The Hall–Kier alpha value is -2.66. The Balaban J connectivity index is 1.26. The number of thiophene rings is 1. The van der Waals surface area contributed by atoms with Crippen LogP contribution in [0.1, 0.15) is 61.6 Å². The molecule has 1 amide bonds. The summed E-state index contributed by atoms with van der Waals surface area (Å²) in [6.45, 7) is 8.10. The van der Waals surface area contributed by atoms with Gasteiger partial charge in [-0.15, -0.1) is 11.3 Å². The minimum absolute atomic E-state index is 0.00759. The Morgan fingerprint density at radius 2 is 1.90 bits per heavy atom. The fourth-order valence-electron chi connectivity index (χ4n) is 5.24. The van der Waals surface area contributed by atoms with Crippen LogP contribution in [0.4, 0.5) is 0 Å². The summed E-state index contributed by atoms with van der Waals surface area (Å²) < 4.78 is 0. The number of rotatable bonds is 6. The van der Waals surface area contributed by atoms with E-state index in [0.29, 0.717) is 16.5 Å². The molecule has 0 saturated carbocycles. The number of nitrogens with zero attached hydrogens (tertiary/aromatic N) is 2. The summed E-state index contributed by atoms with van der Waals surface area (Å²) in [5.41, 5.74) is 6.13. The molecule has 3 heterocycles. The number of benzene rings is 2. The van der Waals surface area contributed by atoms with Crippen LogP contribution in [0.25, 0.3) is 21.6 Å². The Labute approximate surface area is 245 Å². The van der Waals surface area contributed by atoms with Gasteiger partial charge in [-0.1, -0.05) is 62.2 Å². The minimum Gasteiger partial charge on any atom is -0.338 e. The number of amides is 1. The first kappa shape index (κ1) is 27.9. The predicted octanol–water partition coefficient (Wildman–Crippen LogP) is 9.57. The first-order valence-electron chi connectivity index (χ1n) is 13.6. The van der Waals surface area contributed by atoms with Gasteiger partial charge in [-0.25, -0.2) is 0 Å². The monoisotopic (exact) mass is 576 g/mol. The molecule has 202 valence electrons. The standard InChI is InChI=1S/C33H34Cl2N2OS/c1-33(2,3)31-19-24(13-14-36-31)30-18-26(21-39-30)28-12-11-25(17-29(28)35)32(38)37-15-5-7-23(20-37)10-9-22-6-4-8-27(34)16-22/h4,6,8,11-14,16-19,21,23H,5,7,9-10,15,20H2,1-3H3. The van der Waals surface area contributed by atoms with Crippen LogP contribution in [0.2, 0.25) is 10.0 Å². The van der Waals surface area contributed by atoms with E-state index in [1.807, 2.05) is 47.5 Å². The number of aromatic nitrogens is 1. The molecule has 1 unspecified atom stereocenters. The summed E-state index contributed by atoms with van der Waals surface area (Å²) in [6, 6.07) is 20.2. The topological polar surface area (TPSA) is 33.2 Å². The fourth-order valence-corrected chi connectivity index (χ4v) is 6.65. The van der Waals surface area contributed by atoms with Crippen LogP contribution in [0, 0.1) is 5.92 Å². The first-order valence-corrected chi connectivity index (χ1v) is 15.2. The van der Waals surface area contributed by atoms with E-state index in [-0.39, 0.29) is 11.3 Å². The van der Waals surface area contributed by atoms with Crippen molar-refractivity contribution in [2.75, 3.05) is 13.1 Å². The van der Waals surface area contributed by atoms with E-state index in [9.17, 15) is 4.79 Å². The molecule has 2 aromatic carbocycles. The Kier molecular flexibility index (Phi) is 8.46. The lowest BCUT2D eigenvalue weighted by atomic mass is 9.90. The third kappa shape index (κ3) is 6.74. The van der Waals surface area contributed by atoms with Crippen molar-refractivity contribution in [2.24, 2.45) is 5.92 Å². The van der Waals surface area contributed by atoms with Crippen molar-refractivity contribution in [2.45, 2.75) is 51.9 Å². The maximum absolute atomic E-state index is 13.4. The summed E-state index contributed by atoms with van der Waals surface area (Å²) in [5, 5.41) is 3.51. The highest BCUT2D eigenvalue weighted by Crippen LogP contribution is 2.37. The van der Waals surface area contributed by atoms with Crippen LogP contribution >= 0.6 is 34.5 Å². The molecule has 4 aromatic rings. The summed E-state index contributed by atoms with van der Waals surface area (Å²) in [5.74, 6) is 0.557. The summed E-state index contributed by atoms with van der Waals surface area (Å²) in [4.78, 5) is 21.1. The minimum atomic E-state index is -0.00759. The Morgan fingerprint density at radius 1 is 1.05 bits per heavy atom. The number of halogens is 2. The van der Waals surface area contributed by atoms with Gasteiger partial charge in [-0.05, 0) is 96.1 Å². The SMILES string of the molecule is CC(C)(C)c1cc(-c2cc(-c3ccc(C(=O)N4CCCC(CCc5cccc(Cl)c5)C4)cc3Cl)cs2)ccn1. The number of piperidine rings is 1. The lowest BCUT2D eigenvalue weighted by Gasteiger charge is -2.33. The van der Waals surface area contributed by atoms with Gasteiger partial charge in [0.15, 0.2) is 0 Å². The van der Waals surface area contributed by atoms with Crippen molar-refractivity contribution in [3.63, 3.8) is 0 Å². The van der Waals surface area contributed by atoms with Gasteiger partial charge in [0.1, 0.15) is 0 Å². The van der Waals surface area contributed by atoms with Crippen molar-refractivity contribution in [1.29, 1.82) is 0 Å². The molecule has 1 saturated heterocycles. The van der Waals surface area contributed by atoms with Crippen LogP contribution in [-0.4, -0.2) is 28.9 Å². The molecule has 1 fully saturated rings. The van der Waals surface area contributed by atoms with Gasteiger partial charge in [-0.3, -0.25) is 9.78 Å². The first-order chi connectivity index (χ1) is 18.7. The number of hydrogen-bond donors (Lipinski definition) is 0. The maximum Gasteiger partial charge on any atom is 0.253 e. The second kappa shape index (κ2) is 11.8. The molecule has 5 rings (SSSR count). The Morgan fingerprint density at radius 3 is 2.67 bits per heavy atom. The van der Waals surface area contributed by atoms with Crippen molar-refractivity contribution >= 4 is 40.4 Å². The highest BCUT2D eigenvalue weighted by molar-refractivity contribution is 7.14. The van der Waals surface area contributed by atoms with Gasteiger partial charge in [0.2, 0.25) is 0 Å². The number of hydrogen-bond acceptors (Lipinski definition) is 3.